The first-order valence-corrected chi connectivity index (χ1v) is 8.52. The third-order valence-corrected chi connectivity index (χ3v) is 5.58. The first-order chi connectivity index (χ1) is 9.70. The van der Waals surface area contributed by atoms with Gasteiger partial charge in [0.25, 0.3) is 10.0 Å². The van der Waals surface area contributed by atoms with E-state index < -0.39 is 21.8 Å². The fourth-order valence-corrected chi connectivity index (χ4v) is 3.76. The van der Waals surface area contributed by atoms with Crippen LogP contribution in [0.5, 0.6) is 0 Å². The number of nitrogens with zero attached hydrogens (tertiary/aromatic N) is 1. The largest absolute Gasteiger partial charge is 0.475 e. The van der Waals surface area contributed by atoms with Crippen molar-refractivity contribution < 1.29 is 22.7 Å². The van der Waals surface area contributed by atoms with Gasteiger partial charge in [-0.2, -0.15) is 0 Å². The van der Waals surface area contributed by atoms with Crippen LogP contribution in [-0.4, -0.2) is 24.5 Å². The van der Waals surface area contributed by atoms with Gasteiger partial charge in [-0.25, -0.2) is 18.2 Å². The van der Waals surface area contributed by atoms with Gasteiger partial charge in [0.15, 0.2) is 4.67 Å². The molecule has 0 radical (unpaired) electrons. The van der Waals surface area contributed by atoms with Crippen LogP contribution in [0.3, 0.4) is 0 Å². The van der Waals surface area contributed by atoms with Crippen LogP contribution in [0.25, 0.3) is 0 Å². The van der Waals surface area contributed by atoms with Crippen LogP contribution in [-0.2, 0) is 10.0 Å². The standard InChI is InChI=1S/C10H5Br2ClN2O5S/c11-5-1-4(3-14-9(5)13)15-21(18,19)7-2-6(10(16)17)20-8(7)12/h1-3,15H,(H,16,17). The number of carboxylic acids is 1. The summed E-state index contributed by atoms with van der Waals surface area (Å²) in [6, 6.07) is 2.31. The van der Waals surface area contributed by atoms with E-state index in [2.05, 4.69) is 41.6 Å². The number of halogens is 3. The molecule has 0 spiro atoms. The molecule has 21 heavy (non-hydrogen) atoms. The highest BCUT2D eigenvalue weighted by atomic mass is 79.9. The maximum absolute atomic E-state index is 12.2. The Morgan fingerprint density at radius 1 is 1.38 bits per heavy atom. The number of anilines is 1. The summed E-state index contributed by atoms with van der Waals surface area (Å²) in [6.07, 6.45) is 1.22. The number of furan rings is 1. The van der Waals surface area contributed by atoms with E-state index in [1.807, 2.05) is 0 Å². The highest BCUT2D eigenvalue weighted by Gasteiger charge is 2.25. The van der Waals surface area contributed by atoms with Crippen molar-refractivity contribution in [1.82, 2.24) is 4.98 Å². The van der Waals surface area contributed by atoms with Crippen molar-refractivity contribution in [3.05, 3.63) is 38.4 Å². The normalized spacial score (nSPS) is 11.4. The topological polar surface area (TPSA) is 110 Å². The first-order valence-electron chi connectivity index (χ1n) is 5.07. The maximum Gasteiger partial charge on any atom is 0.371 e. The highest BCUT2D eigenvalue weighted by molar-refractivity contribution is 9.10. The molecular formula is C10H5Br2ClN2O5S. The average Bonchev–Trinajstić information content (AvgIpc) is 2.77. The molecule has 0 aliphatic heterocycles. The average molecular weight is 460 g/mol. The molecule has 0 aromatic carbocycles. The predicted molar refractivity (Wildman–Crippen MR) is 81.1 cm³/mol. The van der Waals surface area contributed by atoms with Gasteiger partial charge in [0.1, 0.15) is 10.0 Å². The number of sulfonamides is 1. The molecule has 0 fully saturated rings. The molecule has 0 saturated carbocycles. The van der Waals surface area contributed by atoms with E-state index in [9.17, 15) is 13.2 Å². The number of hydrogen-bond donors (Lipinski definition) is 2. The van der Waals surface area contributed by atoms with Gasteiger partial charge < -0.3 is 9.52 Å². The molecule has 2 heterocycles. The number of pyridine rings is 1. The van der Waals surface area contributed by atoms with E-state index in [-0.39, 0.29) is 20.4 Å². The van der Waals surface area contributed by atoms with Crippen molar-refractivity contribution in [3.63, 3.8) is 0 Å². The van der Waals surface area contributed by atoms with E-state index in [1.54, 1.807) is 0 Å². The van der Waals surface area contributed by atoms with Crippen molar-refractivity contribution in [2.45, 2.75) is 4.90 Å². The lowest BCUT2D eigenvalue weighted by Crippen LogP contribution is -2.13. The molecular weight excluding hydrogens is 455 g/mol. The fraction of sp³-hybridized carbons (Fsp3) is 0. The molecule has 11 heteroatoms. The second kappa shape index (κ2) is 5.95. The summed E-state index contributed by atoms with van der Waals surface area (Å²) in [5.74, 6) is -1.88. The predicted octanol–water partition coefficient (Wildman–Crippen LogP) is 3.35. The fourth-order valence-electron chi connectivity index (χ4n) is 1.33. The zero-order chi connectivity index (χ0) is 15.8. The summed E-state index contributed by atoms with van der Waals surface area (Å²) in [6.45, 7) is 0. The van der Waals surface area contributed by atoms with E-state index in [1.165, 1.54) is 12.3 Å². The van der Waals surface area contributed by atoms with Crippen LogP contribution < -0.4 is 4.72 Å². The van der Waals surface area contributed by atoms with Crippen LogP contribution in [0.1, 0.15) is 10.6 Å². The number of aromatic carboxylic acids is 1. The summed E-state index contributed by atoms with van der Waals surface area (Å²) in [5.41, 5.74) is 0.149. The minimum atomic E-state index is -4.04. The number of hydrogen-bond acceptors (Lipinski definition) is 5. The maximum atomic E-state index is 12.2. The molecule has 0 aliphatic rings. The Bertz CT molecular complexity index is 821. The van der Waals surface area contributed by atoms with Gasteiger partial charge in [0.05, 0.1) is 16.4 Å². The smallest absolute Gasteiger partial charge is 0.371 e. The number of carbonyl (C=O) groups is 1. The summed E-state index contributed by atoms with van der Waals surface area (Å²) in [7, 11) is -4.04. The molecule has 2 rings (SSSR count). The lowest BCUT2D eigenvalue weighted by Gasteiger charge is -2.06. The molecule has 2 N–H and O–H groups in total. The monoisotopic (exact) mass is 458 g/mol. The Labute approximate surface area is 140 Å². The Hall–Kier alpha value is -1.10. The molecule has 2 aromatic rings. The minimum absolute atomic E-state index is 0.149. The second-order valence-corrected chi connectivity index (χ2v) is 7.24. The third-order valence-electron chi connectivity index (χ3n) is 2.20. The molecule has 112 valence electrons. The molecule has 0 atom stereocenters. The summed E-state index contributed by atoms with van der Waals surface area (Å²) in [5, 5.41) is 8.96. The van der Waals surface area contributed by atoms with Gasteiger partial charge in [0, 0.05) is 6.07 Å². The molecule has 0 bridgehead atoms. The quantitative estimate of drug-likeness (QED) is 0.678. The number of aromatic nitrogens is 1. The Balaban J connectivity index is 2.38. The molecule has 0 saturated heterocycles. The van der Waals surface area contributed by atoms with Gasteiger partial charge in [0.2, 0.25) is 5.76 Å². The first kappa shape index (κ1) is 16.3. The van der Waals surface area contributed by atoms with Crippen molar-refractivity contribution in [3.8, 4) is 0 Å². The lowest BCUT2D eigenvalue weighted by atomic mass is 10.4. The molecule has 0 amide bonds. The summed E-state index contributed by atoms with van der Waals surface area (Å²) in [4.78, 5) is 14.2. The van der Waals surface area contributed by atoms with Crippen LogP contribution >= 0.6 is 43.5 Å². The molecule has 0 aliphatic carbocycles. The number of rotatable bonds is 4. The Kier molecular flexibility index (Phi) is 4.61. The van der Waals surface area contributed by atoms with E-state index >= 15 is 0 Å². The molecule has 0 unspecified atom stereocenters. The van der Waals surface area contributed by atoms with Crippen LogP contribution in [0.4, 0.5) is 5.69 Å². The van der Waals surface area contributed by atoms with Crippen molar-refractivity contribution in [2.75, 3.05) is 4.72 Å². The Morgan fingerprint density at radius 3 is 2.57 bits per heavy atom. The minimum Gasteiger partial charge on any atom is -0.475 e. The van der Waals surface area contributed by atoms with E-state index in [0.717, 1.165) is 6.07 Å². The molecule has 7 nitrogen and oxygen atoms in total. The van der Waals surface area contributed by atoms with Gasteiger partial charge in [-0.3, -0.25) is 4.72 Å². The van der Waals surface area contributed by atoms with Gasteiger partial charge >= 0.3 is 5.97 Å². The van der Waals surface area contributed by atoms with Crippen LogP contribution in [0.2, 0.25) is 5.15 Å². The lowest BCUT2D eigenvalue weighted by molar-refractivity contribution is 0.0661. The summed E-state index contributed by atoms with van der Waals surface area (Å²) >= 11 is 11.7. The number of nitrogens with one attached hydrogen (secondary N) is 1. The Morgan fingerprint density at radius 2 is 2.05 bits per heavy atom. The van der Waals surface area contributed by atoms with Crippen molar-refractivity contribution in [2.24, 2.45) is 0 Å². The van der Waals surface area contributed by atoms with Crippen LogP contribution in [0.15, 0.2) is 36.8 Å². The van der Waals surface area contributed by atoms with Crippen LogP contribution in [0, 0.1) is 0 Å². The zero-order valence-electron chi connectivity index (χ0n) is 9.80. The van der Waals surface area contributed by atoms with Crippen molar-refractivity contribution in [1.29, 1.82) is 0 Å². The highest BCUT2D eigenvalue weighted by Crippen LogP contribution is 2.29. The van der Waals surface area contributed by atoms with Gasteiger partial charge in [-0.15, -0.1) is 0 Å². The van der Waals surface area contributed by atoms with Gasteiger partial charge in [-0.05, 0) is 37.9 Å². The third kappa shape index (κ3) is 3.57. The summed E-state index contributed by atoms with van der Waals surface area (Å²) < 4.78 is 31.6. The molecule has 2 aromatic heterocycles. The second-order valence-electron chi connectivity index (χ2n) is 3.66. The number of carboxylic acid groups (broad SMARTS) is 1. The van der Waals surface area contributed by atoms with Crippen molar-refractivity contribution >= 4 is 65.1 Å². The zero-order valence-corrected chi connectivity index (χ0v) is 14.5. The van der Waals surface area contributed by atoms with E-state index in [4.69, 9.17) is 21.1 Å². The SMILES string of the molecule is O=C(O)c1cc(S(=O)(=O)Nc2cnc(Cl)c(Br)c2)c(Br)o1. The van der Waals surface area contributed by atoms with Gasteiger partial charge in [-0.1, -0.05) is 11.6 Å². The van der Waals surface area contributed by atoms with E-state index in [0.29, 0.717) is 4.47 Å².